The van der Waals surface area contributed by atoms with E-state index in [2.05, 4.69) is 16.0 Å². The van der Waals surface area contributed by atoms with Crippen molar-refractivity contribution in [2.45, 2.75) is 0 Å². The average molecular weight is 417 g/mol. The van der Waals surface area contributed by atoms with Gasteiger partial charge in [-0.3, -0.25) is 20.4 Å². The zero-order valence-corrected chi connectivity index (χ0v) is 16.5. The molecule has 6 nitrogen and oxygen atoms in total. The minimum atomic E-state index is -0.524. The number of carbonyl (C=O) groups is 2. The van der Waals surface area contributed by atoms with Gasteiger partial charge in [-0.2, -0.15) is 5.10 Å². The van der Waals surface area contributed by atoms with E-state index in [0.717, 1.165) is 16.9 Å². The number of hydrogen-bond donors (Lipinski definition) is 2. The fraction of sp³-hybridized carbons (Fsp3) is 0. The predicted molar refractivity (Wildman–Crippen MR) is 115 cm³/mol. The van der Waals surface area contributed by atoms with Crippen LogP contribution in [0.5, 0.6) is 0 Å². The lowest BCUT2D eigenvalue weighted by atomic mass is 10.1. The van der Waals surface area contributed by atoms with E-state index < -0.39 is 11.8 Å². The Morgan fingerprint density at radius 3 is 2.03 bits per heavy atom. The van der Waals surface area contributed by atoms with Crippen LogP contribution < -0.4 is 10.9 Å². The third-order valence-corrected chi connectivity index (χ3v) is 4.66. The molecular weight excluding hydrogens is 400 g/mol. The van der Waals surface area contributed by atoms with Gasteiger partial charge in [-0.15, -0.1) is 0 Å². The lowest BCUT2D eigenvalue weighted by Gasteiger charge is -2.07. The number of carbonyl (C=O) groups excluding carboxylic acids is 2. The lowest BCUT2D eigenvalue weighted by molar-refractivity contribution is 0.0843. The van der Waals surface area contributed by atoms with E-state index in [4.69, 9.17) is 11.6 Å². The zero-order valence-electron chi connectivity index (χ0n) is 15.7. The largest absolute Gasteiger partial charge is 0.290 e. The van der Waals surface area contributed by atoms with E-state index >= 15 is 0 Å². The summed E-state index contributed by atoms with van der Waals surface area (Å²) < 4.78 is 1.67. The highest BCUT2D eigenvalue weighted by Gasteiger charge is 2.17. The molecule has 3 aromatic carbocycles. The molecule has 0 saturated heterocycles. The molecule has 0 aliphatic carbocycles. The quantitative estimate of drug-likeness (QED) is 0.488. The molecule has 0 saturated carbocycles. The van der Waals surface area contributed by atoms with E-state index in [-0.39, 0.29) is 5.69 Å². The molecule has 0 aliphatic rings. The summed E-state index contributed by atoms with van der Waals surface area (Å²) in [6, 6.07) is 27.0. The summed E-state index contributed by atoms with van der Waals surface area (Å²) in [7, 11) is 0. The van der Waals surface area contributed by atoms with Gasteiger partial charge in [0.25, 0.3) is 11.8 Å². The average Bonchev–Trinajstić information content (AvgIpc) is 3.24. The van der Waals surface area contributed by atoms with Crippen LogP contribution in [0.1, 0.15) is 20.8 Å². The first-order valence-electron chi connectivity index (χ1n) is 9.19. The van der Waals surface area contributed by atoms with Crippen molar-refractivity contribution in [3.8, 4) is 16.9 Å². The van der Waals surface area contributed by atoms with Crippen molar-refractivity contribution in [2.24, 2.45) is 0 Å². The first-order valence-corrected chi connectivity index (χ1v) is 9.57. The number of nitrogens with zero attached hydrogens (tertiary/aromatic N) is 2. The molecule has 7 heteroatoms. The van der Waals surface area contributed by atoms with E-state index in [9.17, 15) is 9.59 Å². The number of halogens is 1. The summed E-state index contributed by atoms with van der Waals surface area (Å²) >= 11 is 6.00. The van der Waals surface area contributed by atoms with Crippen LogP contribution >= 0.6 is 11.6 Å². The molecule has 30 heavy (non-hydrogen) atoms. The van der Waals surface area contributed by atoms with Crippen LogP contribution in [-0.4, -0.2) is 21.6 Å². The minimum absolute atomic E-state index is 0.164. The van der Waals surface area contributed by atoms with Gasteiger partial charge in [0.05, 0.1) is 11.4 Å². The summed E-state index contributed by atoms with van der Waals surface area (Å²) in [6.07, 6.45) is 0. The standard InChI is InChI=1S/C23H17ClN4O2/c24-18-11-13-19(14-12-18)28-21(16-7-3-1-4-8-16)15-20(27-28)23(30)26-25-22(29)17-9-5-2-6-10-17/h1-15H,(H,25,29)(H,26,30). The fourth-order valence-electron chi connectivity index (χ4n) is 2.92. The Morgan fingerprint density at radius 2 is 1.37 bits per heavy atom. The Kier molecular flexibility index (Phi) is 5.59. The van der Waals surface area contributed by atoms with Crippen molar-refractivity contribution in [2.75, 3.05) is 0 Å². The molecule has 0 spiro atoms. The number of amides is 2. The molecule has 2 amide bonds. The van der Waals surface area contributed by atoms with Gasteiger partial charge < -0.3 is 0 Å². The molecule has 0 fully saturated rings. The molecule has 0 radical (unpaired) electrons. The van der Waals surface area contributed by atoms with E-state index in [1.165, 1.54) is 0 Å². The lowest BCUT2D eigenvalue weighted by Crippen LogP contribution is -2.41. The number of aromatic nitrogens is 2. The summed E-state index contributed by atoms with van der Waals surface area (Å²) in [5.74, 6) is -0.937. The van der Waals surface area contributed by atoms with Crippen molar-refractivity contribution >= 4 is 23.4 Å². The third kappa shape index (κ3) is 4.24. The molecule has 2 N–H and O–H groups in total. The van der Waals surface area contributed by atoms with Crippen molar-refractivity contribution in [1.82, 2.24) is 20.6 Å². The van der Waals surface area contributed by atoms with Crippen LogP contribution in [0.25, 0.3) is 16.9 Å². The number of nitrogens with one attached hydrogen (secondary N) is 2. The second-order valence-corrected chi connectivity index (χ2v) is 6.88. The monoisotopic (exact) mass is 416 g/mol. The Hall–Kier alpha value is -3.90. The summed E-state index contributed by atoms with van der Waals surface area (Å²) in [4.78, 5) is 24.8. The Balaban J connectivity index is 1.61. The molecule has 1 heterocycles. The van der Waals surface area contributed by atoms with Gasteiger partial charge in [0.1, 0.15) is 0 Å². The van der Waals surface area contributed by atoms with Crippen molar-refractivity contribution in [1.29, 1.82) is 0 Å². The summed E-state index contributed by atoms with van der Waals surface area (Å²) in [6.45, 7) is 0. The maximum absolute atomic E-state index is 12.6. The minimum Gasteiger partial charge on any atom is -0.267 e. The molecular formula is C23H17ClN4O2. The van der Waals surface area contributed by atoms with E-state index in [1.807, 2.05) is 48.5 Å². The molecule has 0 bridgehead atoms. The van der Waals surface area contributed by atoms with Crippen molar-refractivity contribution in [3.05, 3.63) is 107 Å². The second kappa shape index (κ2) is 8.63. The van der Waals surface area contributed by atoms with E-state index in [0.29, 0.717) is 10.6 Å². The van der Waals surface area contributed by atoms with Gasteiger partial charge >= 0.3 is 0 Å². The maximum Gasteiger partial charge on any atom is 0.290 e. The molecule has 4 rings (SSSR count). The van der Waals surface area contributed by atoms with Crippen molar-refractivity contribution in [3.63, 3.8) is 0 Å². The Bertz CT molecular complexity index is 1170. The van der Waals surface area contributed by atoms with Crippen molar-refractivity contribution < 1.29 is 9.59 Å². The molecule has 148 valence electrons. The number of hydrogen-bond acceptors (Lipinski definition) is 3. The summed E-state index contributed by atoms with van der Waals surface area (Å²) in [5.41, 5.74) is 7.81. The maximum atomic E-state index is 12.6. The Labute approximate surface area is 178 Å². The number of rotatable bonds is 4. The fourth-order valence-corrected chi connectivity index (χ4v) is 3.05. The SMILES string of the molecule is O=C(NNC(=O)c1cc(-c2ccccc2)n(-c2ccc(Cl)cc2)n1)c1ccccc1. The normalized spacial score (nSPS) is 10.4. The van der Waals surface area contributed by atoms with Crippen LogP contribution in [-0.2, 0) is 0 Å². The molecule has 1 aromatic heterocycles. The first-order chi connectivity index (χ1) is 14.6. The molecule has 0 atom stereocenters. The van der Waals surface area contributed by atoms with Crippen LogP contribution in [0.3, 0.4) is 0 Å². The topological polar surface area (TPSA) is 76.0 Å². The summed E-state index contributed by atoms with van der Waals surface area (Å²) in [5, 5.41) is 5.05. The van der Waals surface area contributed by atoms with Gasteiger partial charge in [-0.05, 0) is 42.5 Å². The highest BCUT2D eigenvalue weighted by molar-refractivity contribution is 6.30. The molecule has 0 aliphatic heterocycles. The highest BCUT2D eigenvalue weighted by atomic mass is 35.5. The highest BCUT2D eigenvalue weighted by Crippen LogP contribution is 2.24. The van der Waals surface area contributed by atoms with Gasteiger partial charge in [0.15, 0.2) is 5.69 Å². The molecule has 0 unspecified atom stereocenters. The van der Waals surface area contributed by atoms with Gasteiger partial charge in [0, 0.05) is 16.1 Å². The van der Waals surface area contributed by atoms with Crippen LogP contribution in [0.2, 0.25) is 5.02 Å². The van der Waals surface area contributed by atoms with Crippen LogP contribution in [0, 0.1) is 0 Å². The van der Waals surface area contributed by atoms with Crippen LogP contribution in [0.15, 0.2) is 91.0 Å². The van der Waals surface area contributed by atoms with Crippen LogP contribution in [0.4, 0.5) is 0 Å². The Morgan fingerprint density at radius 1 is 0.767 bits per heavy atom. The molecule has 4 aromatic rings. The second-order valence-electron chi connectivity index (χ2n) is 6.44. The first kappa shape index (κ1) is 19.4. The van der Waals surface area contributed by atoms with E-state index in [1.54, 1.807) is 47.1 Å². The zero-order chi connectivity index (χ0) is 20.9. The van der Waals surface area contributed by atoms with Gasteiger partial charge in [-0.25, -0.2) is 4.68 Å². The van der Waals surface area contributed by atoms with Gasteiger partial charge in [0.2, 0.25) is 0 Å². The smallest absolute Gasteiger partial charge is 0.267 e. The predicted octanol–water partition coefficient (Wildman–Crippen LogP) is 4.27. The number of hydrazine groups is 1. The third-order valence-electron chi connectivity index (χ3n) is 4.41. The number of benzene rings is 3. The van der Waals surface area contributed by atoms with Gasteiger partial charge in [-0.1, -0.05) is 60.1 Å².